The third kappa shape index (κ3) is 2.74. The van der Waals surface area contributed by atoms with E-state index < -0.39 is 12.1 Å². The molecular weight excluding hydrogens is 258 g/mol. The molecule has 2 amide bonds. The molecule has 2 heterocycles. The summed E-state index contributed by atoms with van der Waals surface area (Å²) in [7, 11) is 1.59. The fraction of sp³-hybridized carbons (Fsp3) is 0.500. The lowest BCUT2D eigenvalue weighted by molar-refractivity contribution is -0.148. The Bertz CT molecular complexity index is 544. The highest BCUT2D eigenvalue weighted by atomic mass is 16.5. The van der Waals surface area contributed by atoms with Crippen molar-refractivity contribution in [3.63, 3.8) is 0 Å². The summed E-state index contributed by atoms with van der Waals surface area (Å²) in [6.45, 7) is 5.56. The zero-order valence-electron chi connectivity index (χ0n) is 12.1. The van der Waals surface area contributed by atoms with E-state index in [1.54, 1.807) is 31.9 Å². The van der Waals surface area contributed by atoms with Crippen LogP contribution in [0.3, 0.4) is 0 Å². The smallest absolute Gasteiger partial charge is 0.245 e. The number of amides is 2. The fourth-order valence-corrected chi connectivity index (χ4v) is 2.27. The van der Waals surface area contributed by atoms with Crippen molar-refractivity contribution in [1.82, 2.24) is 15.2 Å². The van der Waals surface area contributed by atoms with Gasteiger partial charge in [0, 0.05) is 17.8 Å². The summed E-state index contributed by atoms with van der Waals surface area (Å²) < 4.78 is 5.20. The van der Waals surface area contributed by atoms with Crippen LogP contribution in [0, 0.1) is 6.92 Å². The van der Waals surface area contributed by atoms with Crippen LogP contribution in [0.15, 0.2) is 12.1 Å². The van der Waals surface area contributed by atoms with Gasteiger partial charge in [0.2, 0.25) is 11.8 Å². The molecule has 6 heteroatoms. The Balaban J connectivity index is 2.25. The molecule has 2 unspecified atom stereocenters. The molecule has 1 N–H and O–H groups in total. The number of rotatable bonds is 3. The molecule has 0 spiro atoms. The Labute approximate surface area is 118 Å². The first-order valence-corrected chi connectivity index (χ1v) is 6.54. The largest absolute Gasteiger partial charge is 0.497 e. The first kappa shape index (κ1) is 14.3. The quantitative estimate of drug-likeness (QED) is 0.880. The lowest BCUT2D eigenvalue weighted by Crippen LogP contribution is -2.61. The van der Waals surface area contributed by atoms with Crippen LogP contribution in [0.4, 0.5) is 0 Å². The summed E-state index contributed by atoms with van der Waals surface area (Å²) in [5.74, 6) is 0.457. The zero-order valence-corrected chi connectivity index (χ0v) is 12.1. The maximum atomic E-state index is 12.2. The molecule has 1 fully saturated rings. The molecule has 1 aromatic rings. The van der Waals surface area contributed by atoms with E-state index in [0.717, 1.165) is 5.69 Å². The molecule has 108 valence electrons. The summed E-state index contributed by atoms with van der Waals surface area (Å²) in [5.41, 5.74) is 1.53. The molecule has 6 nitrogen and oxygen atoms in total. The highest BCUT2D eigenvalue weighted by Crippen LogP contribution is 2.18. The van der Waals surface area contributed by atoms with E-state index >= 15 is 0 Å². The molecule has 2 rings (SSSR count). The van der Waals surface area contributed by atoms with Crippen molar-refractivity contribution in [1.29, 1.82) is 0 Å². The Morgan fingerprint density at radius 3 is 2.70 bits per heavy atom. The van der Waals surface area contributed by atoms with Gasteiger partial charge in [-0.25, -0.2) is 0 Å². The molecular formula is C14H19N3O3. The van der Waals surface area contributed by atoms with Gasteiger partial charge in [0.15, 0.2) is 0 Å². The zero-order chi connectivity index (χ0) is 14.9. The van der Waals surface area contributed by atoms with Crippen LogP contribution in [-0.2, 0) is 16.1 Å². The molecule has 20 heavy (non-hydrogen) atoms. The molecule has 0 saturated carbocycles. The van der Waals surface area contributed by atoms with Crippen molar-refractivity contribution in [3.05, 3.63) is 23.5 Å². The molecule has 1 aromatic heterocycles. The number of pyridine rings is 1. The maximum absolute atomic E-state index is 12.2. The van der Waals surface area contributed by atoms with Crippen LogP contribution in [-0.4, -0.2) is 40.9 Å². The number of nitrogens with zero attached hydrogens (tertiary/aromatic N) is 2. The molecule has 1 aliphatic heterocycles. The average molecular weight is 277 g/mol. The number of ether oxygens (including phenoxy) is 1. The van der Waals surface area contributed by atoms with Gasteiger partial charge in [-0.2, -0.15) is 0 Å². The van der Waals surface area contributed by atoms with Crippen LogP contribution < -0.4 is 10.1 Å². The predicted octanol–water partition coefficient (Wildman–Crippen LogP) is 0.634. The summed E-state index contributed by atoms with van der Waals surface area (Å²) in [4.78, 5) is 29.9. The molecule has 2 atom stereocenters. The summed E-state index contributed by atoms with van der Waals surface area (Å²) in [5, 5.41) is 2.65. The van der Waals surface area contributed by atoms with Crippen molar-refractivity contribution in [3.8, 4) is 5.75 Å². The van der Waals surface area contributed by atoms with Gasteiger partial charge in [-0.1, -0.05) is 0 Å². The fourth-order valence-electron chi connectivity index (χ4n) is 2.27. The SMILES string of the molecule is COc1cc(C)nc(CN2C(=O)C(C)NC(=O)C2C)c1. The number of aromatic nitrogens is 1. The van der Waals surface area contributed by atoms with Crippen LogP contribution in [0.25, 0.3) is 0 Å². The summed E-state index contributed by atoms with van der Waals surface area (Å²) in [6.07, 6.45) is 0. The standard InChI is InChI=1S/C14H19N3O3/c1-8-5-12(20-4)6-11(15-8)7-17-10(3)13(18)16-9(2)14(17)19/h5-6,9-10H,7H2,1-4H3,(H,16,18). The van der Waals surface area contributed by atoms with E-state index in [1.165, 1.54) is 0 Å². The summed E-state index contributed by atoms with van der Waals surface area (Å²) in [6, 6.07) is 2.61. The highest BCUT2D eigenvalue weighted by Gasteiger charge is 2.35. The van der Waals surface area contributed by atoms with Gasteiger partial charge in [-0.15, -0.1) is 0 Å². The Morgan fingerprint density at radius 1 is 1.35 bits per heavy atom. The van der Waals surface area contributed by atoms with Crippen molar-refractivity contribution in [2.75, 3.05) is 7.11 Å². The van der Waals surface area contributed by atoms with E-state index in [2.05, 4.69) is 10.3 Å². The van der Waals surface area contributed by atoms with Gasteiger partial charge in [0.1, 0.15) is 17.8 Å². The van der Waals surface area contributed by atoms with Crippen LogP contribution in [0.5, 0.6) is 5.75 Å². The van der Waals surface area contributed by atoms with Gasteiger partial charge in [0.25, 0.3) is 0 Å². The number of methoxy groups -OCH3 is 1. The normalized spacial score (nSPS) is 22.7. The van der Waals surface area contributed by atoms with Gasteiger partial charge in [0.05, 0.1) is 19.3 Å². The van der Waals surface area contributed by atoms with Crippen molar-refractivity contribution in [2.45, 2.75) is 39.4 Å². The number of hydrogen-bond acceptors (Lipinski definition) is 4. The van der Waals surface area contributed by atoms with Crippen LogP contribution >= 0.6 is 0 Å². The number of piperazine rings is 1. The van der Waals surface area contributed by atoms with E-state index in [9.17, 15) is 9.59 Å². The second-order valence-electron chi connectivity index (χ2n) is 5.01. The first-order valence-electron chi connectivity index (χ1n) is 6.54. The van der Waals surface area contributed by atoms with Crippen molar-refractivity contribution in [2.24, 2.45) is 0 Å². The van der Waals surface area contributed by atoms with E-state index in [-0.39, 0.29) is 11.8 Å². The Hall–Kier alpha value is -2.11. The van der Waals surface area contributed by atoms with E-state index in [1.807, 2.05) is 13.0 Å². The van der Waals surface area contributed by atoms with Gasteiger partial charge in [-0.3, -0.25) is 14.6 Å². The van der Waals surface area contributed by atoms with Gasteiger partial charge < -0.3 is 15.0 Å². The minimum atomic E-state index is -0.495. The second kappa shape index (κ2) is 5.48. The lowest BCUT2D eigenvalue weighted by atomic mass is 10.1. The highest BCUT2D eigenvalue weighted by molar-refractivity contribution is 5.96. The third-order valence-corrected chi connectivity index (χ3v) is 3.41. The number of carbonyl (C=O) groups excluding carboxylic acids is 2. The minimum absolute atomic E-state index is 0.0978. The minimum Gasteiger partial charge on any atom is -0.497 e. The predicted molar refractivity (Wildman–Crippen MR) is 73.1 cm³/mol. The number of aryl methyl sites for hydroxylation is 1. The monoisotopic (exact) mass is 277 g/mol. The maximum Gasteiger partial charge on any atom is 0.245 e. The van der Waals surface area contributed by atoms with Gasteiger partial charge in [-0.05, 0) is 20.8 Å². The molecule has 0 aliphatic carbocycles. The van der Waals surface area contributed by atoms with E-state index in [4.69, 9.17) is 4.74 Å². The summed E-state index contributed by atoms with van der Waals surface area (Å²) >= 11 is 0. The molecule has 1 aliphatic rings. The van der Waals surface area contributed by atoms with Gasteiger partial charge >= 0.3 is 0 Å². The number of nitrogens with one attached hydrogen (secondary N) is 1. The molecule has 0 radical (unpaired) electrons. The number of carbonyl (C=O) groups is 2. The van der Waals surface area contributed by atoms with Crippen molar-refractivity contribution < 1.29 is 14.3 Å². The number of hydrogen-bond donors (Lipinski definition) is 1. The Morgan fingerprint density at radius 2 is 2.05 bits per heavy atom. The third-order valence-electron chi connectivity index (χ3n) is 3.41. The molecule has 0 aromatic carbocycles. The first-order chi connectivity index (χ1) is 9.42. The molecule has 1 saturated heterocycles. The topological polar surface area (TPSA) is 71.5 Å². The Kier molecular flexibility index (Phi) is 3.92. The van der Waals surface area contributed by atoms with Crippen LogP contribution in [0.1, 0.15) is 25.2 Å². The van der Waals surface area contributed by atoms with E-state index in [0.29, 0.717) is 18.0 Å². The van der Waals surface area contributed by atoms with Crippen LogP contribution in [0.2, 0.25) is 0 Å². The van der Waals surface area contributed by atoms with Crippen molar-refractivity contribution >= 4 is 11.8 Å². The second-order valence-corrected chi connectivity index (χ2v) is 5.01. The lowest BCUT2D eigenvalue weighted by Gasteiger charge is -2.35. The average Bonchev–Trinajstić information content (AvgIpc) is 2.40. The molecule has 0 bridgehead atoms.